The van der Waals surface area contributed by atoms with E-state index in [1.165, 1.54) is 0 Å². The Kier molecular flexibility index (Phi) is 7.87. The predicted molar refractivity (Wildman–Crippen MR) is 105 cm³/mol. The molecule has 2 heterocycles. The maximum Gasteiger partial charge on any atom is 0.355 e. The predicted octanol–water partition coefficient (Wildman–Crippen LogP) is 3.25. The molecule has 1 aliphatic heterocycles. The van der Waals surface area contributed by atoms with Crippen LogP contribution in [0.15, 0.2) is 0 Å². The maximum absolute atomic E-state index is 12.9. The molecule has 1 aliphatic rings. The summed E-state index contributed by atoms with van der Waals surface area (Å²) in [6.07, 6.45) is 1.66. The lowest BCUT2D eigenvalue weighted by Gasteiger charge is -2.23. The number of aromatic amines is 1. The van der Waals surface area contributed by atoms with Crippen LogP contribution in [0.1, 0.15) is 73.1 Å². The van der Waals surface area contributed by atoms with E-state index >= 15 is 0 Å². The van der Waals surface area contributed by atoms with Crippen molar-refractivity contribution < 1.29 is 14.3 Å². The molecule has 148 valence electrons. The molecule has 0 saturated carbocycles. The van der Waals surface area contributed by atoms with Gasteiger partial charge in [0.1, 0.15) is 11.3 Å². The van der Waals surface area contributed by atoms with Gasteiger partial charge in [0.2, 0.25) is 0 Å². The molecule has 2 rings (SSSR count). The third-order valence-electron chi connectivity index (χ3n) is 4.10. The smallest absolute Gasteiger partial charge is 0.355 e. The van der Waals surface area contributed by atoms with Crippen LogP contribution in [0.4, 0.5) is 0 Å². The Balaban J connectivity index is 0.00000163. The van der Waals surface area contributed by atoms with Gasteiger partial charge in [-0.05, 0) is 60.2 Å². The lowest BCUT2D eigenvalue weighted by molar-refractivity contribution is 0.00626. The standard InChI is InChI=1S/C18H29N3O3.C2H6/c1-12-14-13(19-15(12)17(23)24-18(2,3)4)8-7-9-21(16(14)22)11-10-20(5)6;1-2/h19H,7-11H2,1-6H3;1-2H3. The molecule has 6 heteroatoms. The molecule has 1 N–H and O–H groups in total. The third kappa shape index (κ3) is 5.59. The molecule has 0 fully saturated rings. The summed E-state index contributed by atoms with van der Waals surface area (Å²) >= 11 is 0. The SMILES string of the molecule is CC.Cc1c(C(=O)OC(C)(C)C)[nH]c2c1C(=O)N(CCN(C)C)CCC2. The highest BCUT2D eigenvalue weighted by molar-refractivity contribution is 6.01. The highest BCUT2D eigenvalue weighted by atomic mass is 16.6. The zero-order valence-corrected chi connectivity index (χ0v) is 17.7. The van der Waals surface area contributed by atoms with E-state index in [0.29, 0.717) is 23.4 Å². The van der Waals surface area contributed by atoms with Gasteiger partial charge in [0.05, 0.1) is 5.56 Å². The first-order valence-corrected chi connectivity index (χ1v) is 9.49. The average molecular weight is 366 g/mol. The van der Waals surface area contributed by atoms with Gasteiger partial charge in [-0.25, -0.2) is 4.79 Å². The Morgan fingerprint density at radius 1 is 1.27 bits per heavy atom. The number of fused-ring (bicyclic) bond motifs is 1. The van der Waals surface area contributed by atoms with Gasteiger partial charge in [0, 0.05) is 25.3 Å². The minimum Gasteiger partial charge on any atom is -0.455 e. The van der Waals surface area contributed by atoms with Gasteiger partial charge in [-0.1, -0.05) is 13.8 Å². The van der Waals surface area contributed by atoms with Gasteiger partial charge in [-0.3, -0.25) is 4.79 Å². The average Bonchev–Trinajstić information content (AvgIpc) is 2.77. The molecule has 6 nitrogen and oxygen atoms in total. The largest absolute Gasteiger partial charge is 0.455 e. The second-order valence-electron chi connectivity index (χ2n) is 7.68. The van der Waals surface area contributed by atoms with Gasteiger partial charge in [0.25, 0.3) is 5.91 Å². The Morgan fingerprint density at radius 3 is 2.42 bits per heavy atom. The van der Waals surface area contributed by atoms with Gasteiger partial charge in [-0.15, -0.1) is 0 Å². The molecule has 1 amide bonds. The number of hydrogen-bond acceptors (Lipinski definition) is 4. The number of carbonyl (C=O) groups excluding carboxylic acids is 2. The van der Waals surface area contributed by atoms with E-state index in [-0.39, 0.29) is 5.91 Å². The van der Waals surface area contributed by atoms with Crippen molar-refractivity contribution >= 4 is 11.9 Å². The molecule has 0 saturated heterocycles. The highest BCUT2D eigenvalue weighted by Gasteiger charge is 2.30. The third-order valence-corrected chi connectivity index (χ3v) is 4.10. The van der Waals surface area contributed by atoms with Crippen molar-refractivity contribution in [2.24, 2.45) is 0 Å². The first-order chi connectivity index (χ1) is 12.1. The number of rotatable bonds is 4. The van der Waals surface area contributed by atoms with Crippen molar-refractivity contribution in [3.8, 4) is 0 Å². The van der Waals surface area contributed by atoms with Crippen molar-refractivity contribution in [3.05, 3.63) is 22.5 Å². The van der Waals surface area contributed by atoms with Crippen molar-refractivity contribution in [1.29, 1.82) is 0 Å². The summed E-state index contributed by atoms with van der Waals surface area (Å²) in [6.45, 7) is 13.6. The van der Waals surface area contributed by atoms with Crippen LogP contribution in [0, 0.1) is 6.92 Å². The lowest BCUT2D eigenvalue weighted by Crippen LogP contribution is -2.36. The summed E-state index contributed by atoms with van der Waals surface area (Å²) in [5.41, 5.74) is 2.03. The van der Waals surface area contributed by atoms with Crippen molar-refractivity contribution in [2.75, 3.05) is 33.7 Å². The van der Waals surface area contributed by atoms with Crippen LogP contribution < -0.4 is 0 Å². The van der Waals surface area contributed by atoms with Crippen LogP contribution in [0.25, 0.3) is 0 Å². The summed E-state index contributed by atoms with van der Waals surface area (Å²) in [6, 6.07) is 0. The quantitative estimate of drug-likeness (QED) is 0.832. The molecule has 0 atom stereocenters. The monoisotopic (exact) mass is 365 g/mol. The van der Waals surface area contributed by atoms with Crippen LogP contribution in [-0.4, -0.2) is 66.0 Å². The Morgan fingerprint density at radius 2 is 1.88 bits per heavy atom. The zero-order valence-electron chi connectivity index (χ0n) is 17.7. The van der Waals surface area contributed by atoms with E-state index in [4.69, 9.17) is 4.74 Å². The van der Waals surface area contributed by atoms with E-state index in [1.54, 1.807) is 0 Å². The van der Waals surface area contributed by atoms with E-state index in [2.05, 4.69) is 9.88 Å². The minimum atomic E-state index is -0.562. The molecular formula is C20H35N3O3. The number of nitrogens with one attached hydrogen (secondary N) is 1. The fraction of sp³-hybridized carbons (Fsp3) is 0.700. The molecule has 0 aromatic carbocycles. The van der Waals surface area contributed by atoms with Gasteiger partial charge >= 0.3 is 5.97 Å². The van der Waals surface area contributed by atoms with E-state index < -0.39 is 11.6 Å². The lowest BCUT2D eigenvalue weighted by atomic mass is 10.1. The number of likely N-dealkylation sites (N-methyl/N-ethyl adjacent to an activating group) is 1. The number of amides is 1. The van der Waals surface area contributed by atoms with Crippen LogP contribution in [0.3, 0.4) is 0 Å². The van der Waals surface area contributed by atoms with Gasteiger partial charge in [-0.2, -0.15) is 0 Å². The van der Waals surface area contributed by atoms with Crippen LogP contribution in [-0.2, 0) is 11.2 Å². The molecule has 0 unspecified atom stereocenters. The Labute approximate surface area is 157 Å². The number of aryl methyl sites for hydroxylation is 1. The van der Waals surface area contributed by atoms with Crippen molar-refractivity contribution in [3.63, 3.8) is 0 Å². The van der Waals surface area contributed by atoms with E-state index in [1.807, 2.05) is 60.5 Å². The number of nitrogens with zero attached hydrogens (tertiary/aromatic N) is 2. The van der Waals surface area contributed by atoms with Crippen LogP contribution >= 0.6 is 0 Å². The fourth-order valence-corrected chi connectivity index (χ4v) is 2.91. The number of aromatic nitrogens is 1. The molecular weight excluding hydrogens is 330 g/mol. The minimum absolute atomic E-state index is 0.00732. The second kappa shape index (κ2) is 9.21. The van der Waals surface area contributed by atoms with Crippen LogP contribution in [0.5, 0.6) is 0 Å². The van der Waals surface area contributed by atoms with E-state index in [0.717, 1.165) is 31.6 Å². The summed E-state index contributed by atoms with van der Waals surface area (Å²) in [4.78, 5) is 32.4. The fourth-order valence-electron chi connectivity index (χ4n) is 2.91. The maximum atomic E-state index is 12.9. The van der Waals surface area contributed by atoms with E-state index in [9.17, 15) is 9.59 Å². The molecule has 0 spiro atoms. The Hall–Kier alpha value is -1.82. The molecule has 0 bridgehead atoms. The zero-order chi connectivity index (χ0) is 20.1. The summed E-state index contributed by atoms with van der Waals surface area (Å²) in [7, 11) is 3.99. The molecule has 1 aromatic rings. The second-order valence-corrected chi connectivity index (χ2v) is 7.68. The summed E-state index contributed by atoms with van der Waals surface area (Å²) in [5, 5.41) is 0. The molecule has 1 aromatic heterocycles. The Bertz CT molecular complexity index is 627. The topological polar surface area (TPSA) is 65.6 Å². The van der Waals surface area contributed by atoms with Crippen LogP contribution in [0.2, 0.25) is 0 Å². The van der Waals surface area contributed by atoms with Gasteiger partial charge in [0.15, 0.2) is 0 Å². The number of ether oxygens (including phenoxy) is 1. The first kappa shape index (κ1) is 22.2. The van der Waals surface area contributed by atoms with Gasteiger partial charge < -0.3 is 19.5 Å². The van der Waals surface area contributed by atoms with Crippen molar-refractivity contribution in [1.82, 2.24) is 14.8 Å². The highest BCUT2D eigenvalue weighted by Crippen LogP contribution is 2.26. The first-order valence-electron chi connectivity index (χ1n) is 9.49. The molecule has 0 aliphatic carbocycles. The number of H-pyrrole nitrogens is 1. The summed E-state index contributed by atoms with van der Waals surface area (Å²) < 4.78 is 5.45. The molecule has 0 radical (unpaired) electrons. The normalized spacial score (nSPS) is 14.5. The number of esters is 1. The number of hydrogen-bond donors (Lipinski definition) is 1. The number of carbonyl (C=O) groups is 2. The van der Waals surface area contributed by atoms with Crippen molar-refractivity contribution in [2.45, 2.75) is 60.0 Å². The molecule has 26 heavy (non-hydrogen) atoms. The summed E-state index contributed by atoms with van der Waals surface area (Å²) in [5.74, 6) is -0.395.